The van der Waals surface area contributed by atoms with Crippen molar-refractivity contribution in [1.82, 2.24) is 4.98 Å². The highest BCUT2D eigenvalue weighted by molar-refractivity contribution is 6.06. The van der Waals surface area contributed by atoms with Crippen molar-refractivity contribution in [3.63, 3.8) is 0 Å². The number of hydrogen-bond donors (Lipinski definition) is 1. The Bertz CT molecular complexity index is 1220. The summed E-state index contributed by atoms with van der Waals surface area (Å²) in [6.45, 7) is 2.18. The summed E-state index contributed by atoms with van der Waals surface area (Å²) in [6.07, 6.45) is 0. The molecule has 3 aromatic carbocycles. The fraction of sp³-hybridized carbons (Fsp3) is 0.154. The van der Waals surface area contributed by atoms with E-state index in [1.54, 1.807) is 6.07 Å². The molecule has 0 aliphatic heterocycles. The Hall–Kier alpha value is -3.70. The molecule has 1 aromatic heterocycles. The normalized spacial score (nSPS) is 10.8. The molecule has 0 saturated carbocycles. The molecule has 0 radical (unpaired) electrons. The first kappa shape index (κ1) is 20.6. The first-order chi connectivity index (χ1) is 15.1. The number of rotatable bonds is 6. The summed E-state index contributed by atoms with van der Waals surface area (Å²) >= 11 is 0. The van der Waals surface area contributed by atoms with Crippen molar-refractivity contribution in [1.29, 1.82) is 0 Å². The molecule has 0 spiro atoms. The Morgan fingerprint density at radius 2 is 1.71 bits per heavy atom. The number of methoxy groups -OCH3 is 1. The predicted octanol–water partition coefficient (Wildman–Crippen LogP) is 5.07. The van der Waals surface area contributed by atoms with Crippen LogP contribution in [-0.4, -0.2) is 23.2 Å². The largest absolute Gasteiger partial charge is 0.486 e. The van der Waals surface area contributed by atoms with Crippen LogP contribution in [0.5, 0.6) is 5.75 Å². The third-order valence-corrected chi connectivity index (χ3v) is 5.15. The van der Waals surface area contributed by atoms with Crippen molar-refractivity contribution in [2.45, 2.75) is 20.1 Å². The van der Waals surface area contributed by atoms with E-state index >= 15 is 0 Å². The van der Waals surface area contributed by atoms with Gasteiger partial charge < -0.3 is 14.6 Å². The number of aromatic nitrogens is 1. The second kappa shape index (κ2) is 8.98. The average Bonchev–Trinajstić information content (AvgIpc) is 2.82. The number of aliphatic hydroxyl groups excluding tert-OH is 1. The lowest BCUT2D eigenvalue weighted by Crippen LogP contribution is -2.08. The molecule has 31 heavy (non-hydrogen) atoms. The Morgan fingerprint density at radius 3 is 2.39 bits per heavy atom. The maximum absolute atomic E-state index is 12.7. The van der Waals surface area contributed by atoms with Gasteiger partial charge in [-0.25, -0.2) is 9.78 Å². The van der Waals surface area contributed by atoms with Crippen LogP contribution in [0.1, 0.15) is 27.2 Å². The van der Waals surface area contributed by atoms with E-state index in [9.17, 15) is 9.90 Å². The molecule has 1 N–H and O–H groups in total. The fourth-order valence-corrected chi connectivity index (χ4v) is 3.53. The molecule has 0 aliphatic carbocycles. The molecule has 0 unspecified atom stereocenters. The van der Waals surface area contributed by atoms with Crippen LogP contribution in [0.25, 0.3) is 22.0 Å². The summed E-state index contributed by atoms with van der Waals surface area (Å²) in [5.41, 5.74) is 5.32. The molecule has 0 amide bonds. The van der Waals surface area contributed by atoms with E-state index in [1.165, 1.54) is 7.11 Å². The standard InChI is InChI=1S/C26H23NO4/c1-17-8-13-21-22(20-11-9-18(15-28)10-12-20)14-23(26(29)30-2)25(24(21)27-17)31-16-19-6-4-3-5-7-19/h3-14,28H,15-16H2,1-2H3. The topological polar surface area (TPSA) is 68.7 Å². The summed E-state index contributed by atoms with van der Waals surface area (Å²) in [7, 11) is 1.35. The van der Waals surface area contributed by atoms with Gasteiger partial charge in [0.15, 0.2) is 5.75 Å². The zero-order valence-electron chi connectivity index (χ0n) is 17.5. The molecule has 4 aromatic rings. The van der Waals surface area contributed by atoms with Crippen molar-refractivity contribution in [2.24, 2.45) is 0 Å². The first-order valence-corrected chi connectivity index (χ1v) is 10.00. The van der Waals surface area contributed by atoms with Crippen molar-refractivity contribution in [3.8, 4) is 16.9 Å². The first-order valence-electron chi connectivity index (χ1n) is 10.00. The lowest BCUT2D eigenvalue weighted by atomic mass is 9.96. The minimum Gasteiger partial charge on any atom is -0.486 e. The molecule has 4 rings (SSSR count). The number of aliphatic hydroxyl groups is 1. The maximum Gasteiger partial charge on any atom is 0.341 e. The van der Waals surface area contributed by atoms with Gasteiger partial charge in [-0.05, 0) is 41.3 Å². The SMILES string of the molecule is COC(=O)c1cc(-c2ccc(CO)cc2)c2ccc(C)nc2c1OCc1ccccc1. The number of hydrogen-bond acceptors (Lipinski definition) is 5. The number of nitrogens with zero attached hydrogens (tertiary/aromatic N) is 1. The van der Waals surface area contributed by atoms with E-state index in [4.69, 9.17) is 14.5 Å². The lowest BCUT2D eigenvalue weighted by Gasteiger charge is -2.17. The summed E-state index contributed by atoms with van der Waals surface area (Å²) in [6, 6.07) is 23.1. The van der Waals surface area contributed by atoms with E-state index in [-0.39, 0.29) is 6.61 Å². The second-order valence-electron chi connectivity index (χ2n) is 7.27. The van der Waals surface area contributed by atoms with Gasteiger partial charge in [-0.1, -0.05) is 60.7 Å². The van der Waals surface area contributed by atoms with Gasteiger partial charge in [0.1, 0.15) is 17.7 Å². The number of fused-ring (bicyclic) bond motifs is 1. The van der Waals surface area contributed by atoms with Crippen molar-refractivity contribution >= 4 is 16.9 Å². The number of pyridine rings is 1. The van der Waals surface area contributed by atoms with Crippen LogP contribution in [0.2, 0.25) is 0 Å². The van der Waals surface area contributed by atoms with Crippen LogP contribution in [0.4, 0.5) is 0 Å². The van der Waals surface area contributed by atoms with Gasteiger partial charge in [0.05, 0.1) is 13.7 Å². The van der Waals surface area contributed by atoms with Gasteiger partial charge in [0.2, 0.25) is 0 Å². The Morgan fingerprint density at radius 1 is 0.968 bits per heavy atom. The van der Waals surface area contributed by atoms with Gasteiger partial charge in [-0.3, -0.25) is 0 Å². The molecule has 5 heteroatoms. The molecule has 0 fully saturated rings. The molecular weight excluding hydrogens is 390 g/mol. The fourth-order valence-electron chi connectivity index (χ4n) is 3.53. The molecular formula is C26H23NO4. The van der Waals surface area contributed by atoms with Gasteiger partial charge in [-0.2, -0.15) is 0 Å². The average molecular weight is 413 g/mol. The monoisotopic (exact) mass is 413 g/mol. The zero-order chi connectivity index (χ0) is 21.8. The number of esters is 1. The zero-order valence-corrected chi connectivity index (χ0v) is 17.5. The van der Waals surface area contributed by atoms with Crippen molar-refractivity contribution < 1.29 is 19.4 Å². The number of ether oxygens (including phenoxy) is 2. The number of aryl methyl sites for hydroxylation is 1. The Balaban J connectivity index is 1.90. The van der Waals surface area contributed by atoms with Gasteiger partial charge in [0, 0.05) is 11.1 Å². The second-order valence-corrected chi connectivity index (χ2v) is 7.27. The summed E-state index contributed by atoms with van der Waals surface area (Å²) in [5.74, 6) is -0.0772. The maximum atomic E-state index is 12.7. The van der Waals surface area contributed by atoms with E-state index in [1.807, 2.05) is 73.7 Å². The Kier molecular flexibility index (Phi) is 5.96. The molecule has 0 bridgehead atoms. The molecule has 1 heterocycles. The van der Waals surface area contributed by atoms with E-state index in [0.29, 0.717) is 23.4 Å². The minimum absolute atomic E-state index is 0.0263. The third kappa shape index (κ3) is 4.27. The van der Waals surface area contributed by atoms with Gasteiger partial charge in [0.25, 0.3) is 0 Å². The molecule has 5 nitrogen and oxygen atoms in total. The lowest BCUT2D eigenvalue weighted by molar-refractivity contribution is 0.0596. The van der Waals surface area contributed by atoms with Crippen LogP contribution >= 0.6 is 0 Å². The van der Waals surface area contributed by atoms with Gasteiger partial charge >= 0.3 is 5.97 Å². The molecule has 0 aliphatic rings. The van der Waals surface area contributed by atoms with Gasteiger partial charge in [-0.15, -0.1) is 0 Å². The third-order valence-electron chi connectivity index (χ3n) is 5.15. The van der Waals surface area contributed by atoms with Crippen molar-refractivity contribution in [2.75, 3.05) is 7.11 Å². The van der Waals surface area contributed by atoms with Crippen LogP contribution in [0.3, 0.4) is 0 Å². The minimum atomic E-state index is -0.485. The summed E-state index contributed by atoms with van der Waals surface area (Å²) < 4.78 is 11.2. The van der Waals surface area contributed by atoms with Crippen LogP contribution in [0, 0.1) is 6.92 Å². The highest BCUT2D eigenvalue weighted by Crippen LogP contribution is 2.38. The van der Waals surface area contributed by atoms with E-state index in [0.717, 1.165) is 33.3 Å². The highest BCUT2D eigenvalue weighted by atomic mass is 16.5. The van der Waals surface area contributed by atoms with Crippen molar-refractivity contribution in [3.05, 3.63) is 95.2 Å². The number of carbonyl (C=O) groups excluding carboxylic acids is 1. The summed E-state index contributed by atoms with van der Waals surface area (Å²) in [5, 5.41) is 10.2. The van der Waals surface area contributed by atoms with Crippen LogP contribution < -0.4 is 4.74 Å². The van der Waals surface area contributed by atoms with Crippen LogP contribution in [0.15, 0.2) is 72.8 Å². The summed E-state index contributed by atoms with van der Waals surface area (Å²) in [4.78, 5) is 17.4. The van der Waals surface area contributed by atoms with E-state index < -0.39 is 5.97 Å². The highest BCUT2D eigenvalue weighted by Gasteiger charge is 2.21. The molecule has 156 valence electrons. The molecule has 0 saturated heterocycles. The number of carbonyl (C=O) groups is 1. The predicted molar refractivity (Wildman–Crippen MR) is 120 cm³/mol. The van der Waals surface area contributed by atoms with Crippen LogP contribution in [-0.2, 0) is 18.0 Å². The number of benzene rings is 3. The Labute approximate surface area is 180 Å². The smallest absolute Gasteiger partial charge is 0.341 e. The quantitative estimate of drug-likeness (QED) is 0.447. The van der Waals surface area contributed by atoms with E-state index in [2.05, 4.69) is 0 Å². The molecule has 0 atom stereocenters.